The molecule has 0 spiro atoms. The quantitative estimate of drug-likeness (QED) is 0.907. The number of hydrogen-bond acceptors (Lipinski definition) is 4. The molecule has 0 aromatic carbocycles. The van der Waals surface area contributed by atoms with Crippen LogP contribution < -0.4 is 5.32 Å². The molecule has 1 fully saturated rings. The molecule has 0 aliphatic heterocycles. The third-order valence-corrected chi connectivity index (χ3v) is 4.67. The number of halogens is 3. The molecule has 1 aliphatic carbocycles. The largest absolute Gasteiger partial charge is 0.435 e. The topological polar surface area (TPSA) is 59.8 Å². The lowest BCUT2D eigenvalue weighted by molar-refractivity contribution is -0.142. The second-order valence-electron chi connectivity index (χ2n) is 5.52. The normalized spacial score (nSPS) is 16.3. The summed E-state index contributed by atoms with van der Waals surface area (Å²) in [7, 11) is 0. The van der Waals surface area contributed by atoms with Crippen molar-refractivity contribution in [3.8, 4) is 0 Å². The van der Waals surface area contributed by atoms with E-state index >= 15 is 0 Å². The first-order valence-electron chi connectivity index (χ1n) is 7.19. The van der Waals surface area contributed by atoms with Crippen molar-refractivity contribution in [2.75, 3.05) is 0 Å². The van der Waals surface area contributed by atoms with Crippen LogP contribution in [0.5, 0.6) is 0 Å². The van der Waals surface area contributed by atoms with Crippen LogP contribution in [0, 0.1) is 0 Å². The van der Waals surface area contributed by atoms with Gasteiger partial charge in [-0.1, -0.05) is 0 Å². The highest BCUT2D eigenvalue weighted by atomic mass is 32.1. The molecular weight excluding hydrogens is 329 g/mol. The Balaban J connectivity index is 1.57. The first-order valence-corrected chi connectivity index (χ1v) is 8.07. The van der Waals surface area contributed by atoms with E-state index in [-0.39, 0.29) is 6.54 Å². The van der Waals surface area contributed by atoms with Crippen molar-refractivity contribution in [2.45, 2.75) is 44.4 Å². The maximum atomic E-state index is 12.5. The third-order valence-electron chi connectivity index (χ3n) is 3.61. The number of hydrogen-bond donors (Lipinski definition) is 1. The van der Waals surface area contributed by atoms with E-state index in [4.69, 9.17) is 0 Å². The van der Waals surface area contributed by atoms with Crippen LogP contribution >= 0.6 is 11.3 Å². The average Bonchev–Trinajstić information content (AvgIpc) is 3.03. The van der Waals surface area contributed by atoms with E-state index < -0.39 is 23.8 Å². The molecule has 1 N–H and O–H groups in total. The Morgan fingerprint density at radius 1 is 1.52 bits per heavy atom. The monoisotopic (exact) mass is 344 g/mol. The number of nitrogens with one attached hydrogen (secondary N) is 1. The molecule has 1 aliphatic rings. The Morgan fingerprint density at radius 3 is 2.87 bits per heavy atom. The van der Waals surface area contributed by atoms with Crippen molar-refractivity contribution in [2.24, 2.45) is 0 Å². The third kappa shape index (κ3) is 3.72. The molecule has 2 aromatic rings. The summed E-state index contributed by atoms with van der Waals surface area (Å²) in [5, 5.41) is 9.08. The number of rotatable bonds is 5. The summed E-state index contributed by atoms with van der Waals surface area (Å²) in [5.74, 6) is 0.163. The molecule has 0 radical (unpaired) electrons. The van der Waals surface area contributed by atoms with Gasteiger partial charge >= 0.3 is 6.18 Å². The summed E-state index contributed by atoms with van der Waals surface area (Å²) < 4.78 is 38.6. The molecule has 23 heavy (non-hydrogen) atoms. The zero-order valence-electron chi connectivity index (χ0n) is 12.3. The van der Waals surface area contributed by atoms with Crippen molar-refractivity contribution in [3.63, 3.8) is 0 Å². The highest BCUT2D eigenvalue weighted by Gasteiger charge is 2.34. The van der Waals surface area contributed by atoms with Crippen LogP contribution in [0.15, 0.2) is 17.6 Å². The molecule has 1 atom stereocenters. The Hall–Kier alpha value is -1.90. The van der Waals surface area contributed by atoms with Gasteiger partial charge in [0.25, 0.3) is 0 Å². The summed E-state index contributed by atoms with van der Waals surface area (Å²) in [6.07, 6.45) is -1.03. The second kappa shape index (κ2) is 5.95. The fourth-order valence-corrected chi connectivity index (χ4v) is 3.06. The number of nitrogens with zero attached hydrogens (tertiary/aromatic N) is 3. The summed E-state index contributed by atoms with van der Waals surface area (Å²) in [6.45, 7) is 1.76. The number of carbonyl (C=O) groups is 1. The van der Waals surface area contributed by atoms with Crippen LogP contribution in [0.2, 0.25) is 0 Å². The van der Waals surface area contributed by atoms with Crippen LogP contribution in [0.4, 0.5) is 13.2 Å². The van der Waals surface area contributed by atoms with Crippen LogP contribution in [0.3, 0.4) is 0 Å². The molecule has 1 saturated carbocycles. The Bertz CT molecular complexity index is 705. The van der Waals surface area contributed by atoms with Crippen molar-refractivity contribution in [3.05, 3.63) is 34.0 Å². The molecule has 2 heterocycles. The van der Waals surface area contributed by atoms with Crippen molar-refractivity contribution < 1.29 is 18.0 Å². The Morgan fingerprint density at radius 2 is 2.26 bits per heavy atom. The second-order valence-corrected chi connectivity index (χ2v) is 6.41. The van der Waals surface area contributed by atoms with Gasteiger partial charge in [0, 0.05) is 17.5 Å². The maximum Gasteiger partial charge on any atom is 0.435 e. The van der Waals surface area contributed by atoms with Crippen LogP contribution in [0.1, 0.15) is 48.1 Å². The van der Waals surface area contributed by atoms with E-state index in [1.54, 1.807) is 11.3 Å². The van der Waals surface area contributed by atoms with Gasteiger partial charge < -0.3 is 5.32 Å². The number of amides is 1. The minimum absolute atomic E-state index is 0.264. The first kappa shape index (κ1) is 16.0. The van der Waals surface area contributed by atoms with E-state index in [1.165, 1.54) is 6.92 Å². The fourth-order valence-electron chi connectivity index (χ4n) is 2.07. The minimum atomic E-state index is -4.51. The summed E-state index contributed by atoms with van der Waals surface area (Å²) in [4.78, 5) is 16.5. The minimum Gasteiger partial charge on any atom is -0.349 e. The van der Waals surface area contributed by atoms with Crippen LogP contribution in [-0.4, -0.2) is 20.7 Å². The number of thiazole rings is 1. The van der Waals surface area contributed by atoms with Crippen molar-refractivity contribution in [1.82, 2.24) is 20.1 Å². The Kier molecular flexibility index (Phi) is 4.13. The van der Waals surface area contributed by atoms with Crippen molar-refractivity contribution >= 4 is 17.2 Å². The van der Waals surface area contributed by atoms with Gasteiger partial charge in [-0.15, -0.1) is 11.3 Å². The molecule has 1 amide bonds. The summed E-state index contributed by atoms with van der Waals surface area (Å²) >= 11 is 1.58. The van der Waals surface area contributed by atoms with Gasteiger partial charge in [-0.2, -0.15) is 18.3 Å². The van der Waals surface area contributed by atoms with Crippen LogP contribution in [-0.2, 0) is 17.5 Å². The highest BCUT2D eigenvalue weighted by Crippen LogP contribution is 2.41. The molecule has 0 saturated heterocycles. The van der Waals surface area contributed by atoms with Gasteiger partial charge in [-0.3, -0.25) is 9.48 Å². The predicted molar refractivity (Wildman–Crippen MR) is 77.9 cm³/mol. The standard InChI is InChI=1S/C14H15F3N4OS/c1-8(21-5-4-11(20-21)14(15,16)17)12(22)18-6-10-7-23-13(19-10)9-2-3-9/h4-5,7-9H,2-3,6H2,1H3,(H,18,22). The number of aromatic nitrogens is 3. The fraction of sp³-hybridized carbons (Fsp3) is 0.500. The van der Waals surface area contributed by atoms with Gasteiger partial charge in [0.05, 0.1) is 17.2 Å². The van der Waals surface area contributed by atoms with E-state index in [9.17, 15) is 18.0 Å². The smallest absolute Gasteiger partial charge is 0.349 e. The predicted octanol–water partition coefficient (Wildman–Crippen LogP) is 3.11. The molecule has 124 valence electrons. The number of carbonyl (C=O) groups excluding carboxylic acids is 1. The lowest BCUT2D eigenvalue weighted by atomic mass is 10.3. The zero-order chi connectivity index (χ0) is 16.6. The van der Waals surface area contributed by atoms with Gasteiger partial charge in [-0.25, -0.2) is 4.98 Å². The Labute approximate surface area is 134 Å². The molecule has 3 rings (SSSR count). The number of alkyl halides is 3. The van der Waals surface area contributed by atoms with E-state index in [1.807, 2.05) is 5.38 Å². The molecule has 1 unspecified atom stereocenters. The zero-order valence-corrected chi connectivity index (χ0v) is 13.1. The van der Waals surface area contributed by atoms with Gasteiger partial charge in [0.15, 0.2) is 5.69 Å². The van der Waals surface area contributed by atoms with Gasteiger partial charge in [-0.05, 0) is 25.8 Å². The van der Waals surface area contributed by atoms with Gasteiger partial charge in [0.2, 0.25) is 5.91 Å². The maximum absolute atomic E-state index is 12.5. The SMILES string of the molecule is CC(C(=O)NCc1csc(C2CC2)n1)n1ccc(C(F)(F)F)n1. The molecule has 9 heteroatoms. The van der Waals surface area contributed by atoms with Crippen LogP contribution in [0.25, 0.3) is 0 Å². The summed E-state index contributed by atoms with van der Waals surface area (Å²) in [6, 6.07) is 0.0270. The van der Waals surface area contributed by atoms with Gasteiger partial charge in [0.1, 0.15) is 6.04 Å². The molecule has 2 aromatic heterocycles. The van der Waals surface area contributed by atoms with Crippen molar-refractivity contribution in [1.29, 1.82) is 0 Å². The van der Waals surface area contributed by atoms with E-state index in [0.717, 1.165) is 40.5 Å². The van der Waals surface area contributed by atoms with E-state index in [2.05, 4.69) is 15.4 Å². The van der Waals surface area contributed by atoms with E-state index in [0.29, 0.717) is 5.92 Å². The summed E-state index contributed by atoms with van der Waals surface area (Å²) in [5.41, 5.74) is -0.236. The lowest BCUT2D eigenvalue weighted by Gasteiger charge is -2.12. The molecule has 5 nitrogen and oxygen atoms in total. The molecular formula is C14H15F3N4OS. The average molecular weight is 344 g/mol. The molecule has 0 bridgehead atoms. The highest BCUT2D eigenvalue weighted by molar-refractivity contribution is 7.09. The lowest BCUT2D eigenvalue weighted by Crippen LogP contribution is -2.31. The first-order chi connectivity index (χ1) is 10.8.